The van der Waals surface area contributed by atoms with Crippen LogP contribution in [0.1, 0.15) is 31.7 Å². The number of fused-ring (bicyclic) bond motifs is 3. The molecule has 2 saturated heterocycles. The number of halogens is 1. The fourth-order valence-electron chi connectivity index (χ4n) is 3.57. The van der Waals surface area contributed by atoms with Gasteiger partial charge in [0.25, 0.3) is 0 Å². The van der Waals surface area contributed by atoms with E-state index in [1.807, 2.05) is 12.1 Å². The predicted molar refractivity (Wildman–Crippen MR) is 94.5 cm³/mol. The molecule has 24 heavy (non-hydrogen) atoms. The Kier molecular flexibility index (Phi) is 4.54. The molecule has 2 N–H and O–H groups in total. The first-order valence-electron chi connectivity index (χ1n) is 8.51. The molecule has 2 fully saturated rings. The van der Waals surface area contributed by atoms with Crippen molar-refractivity contribution in [2.24, 2.45) is 4.99 Å². The molecule has 0 spiro atoms. The SMILES string of the molecule is CCNC(=NCc1cc(Br)c2c(c1)OCO2)NC1CC2CCC1O2. The van der Waals surface area contributed by atoms with Gasteiger partial charge < -0.3 is 24.8 Å². The van der Waals surface area contributed by atoms with Crippen molar-refractivity contribution in [1.29, 1.82) is 0 Å². The van der Waals surface area contributed by atoms with Gasteiger partial charge in [0.15, 0.2) is 17.5 Å². The number of benzene rings is 1. The van der Waals surface area contributed by atoms with E-state index < -0.39 is 0 Å². The summed E-state index contributed by atoms with van der Waals surface area (Å²) in [6.45, 7) is 3.76. The smallest absolute Gasteiger partial charge is 0.231 e. The minimum Gasteiger partial charge on any atom is -0.454 e. The number of hydrogen-bond donors (Lipinski definition) is 2. The molecule has 2 bridgehead atoms. The highest BCUT2D eigenvalue weighted by atomic mass is 79.9. The topological polar surface area (TPSA) is 64.1 Å². The van der Waals surface area contributed by atoms with Gasteiger partial charge in [-0.1, -0.05) is 0 Å². The highest BCUT2D eigenvalue weighted by Gasteiger charge is 2.41. The molecule has 130 valence electrons. The van der Waals surface area contributed by atoms with E-state index in [0.717, 1.165) is 46.9 Å². The lowest BCUT2D eigenvalue weighted by Crippen LogP contribution is -2.47. The summed E-state index contributed by atoms with van der Waals surface area (Å²) < 4.78 is 17.7. The summed E-state index contributed by atoms with van der Waals surface area (Å²) in [6, 6.07) is 4.38. The van der Waals surface area contributed by atoms with E-state index in [2.05, 4.69) is 33.5 Å². The van der Waals surface area contributed by atoms with Gasteiger partial charge in [-0.05, 0) is 59.8 Å². The van der Waals surface area contributed by atoms with Crippen LogP contribution in [0.4, 0.5) is 0 Å². The maximum absolute atomic E-state index is 5.91. The second-order valence-corrected chi connectivity index (χ2v) is 7.22. The highest BCUT2D eigenvalue weighted by Crippen LogP contribution is 2.40. The van der Waals surface area contributed by atoms with Crippen LogP contribution in [-0.2, 0) is 11.3 Å². The maximum atomic E-state index is 5.91. The van der Waals surface area contributed by atoms with Crippen molar-refractivity contribution in [3.05, 3.63) is 22.2 Å². The molecule has 3 heterocycles. The molecule has 3 aliphatic heterocycles. The molecular weight excluding hydrogens is 374 g/mol. The lowest BCUT2D eigenvalue weighted by Gasteiger charge is -2.22. The number of ether oxygens (including phenoxy) is 3. The summed E-state index contributed by atoms with van der Waals surface area (Å²) in [7, 11) is 0. The fourth-order valence-corrected chi connectivity index (χ4v) is 4.17. The summed E-state index contributed by atoms with van der Waals surface area (Å²) in [4.78, 5) is 4.72. The Morgan fingerprint density at radius 1 is 1.33 bits per heavy atom. The summed E-state index contributed by atoms with van der Waals surface area (Å²) in [5, 5.41) is 6.85. The molecule has 7 heteroatoms. The third kappa shape index (κ3) is 3.19. The molecule has 6 nitrogen and oxygen atoms in total. The standard InChI is InChI=1S/C17H22BrN3O3/c1-2-19-17(21-13-7-11-3-4-14(13)24-11)20-8-10-5-12(18)16-15(6-10)22-9-23-16/h5-6,11,13-14H,2-4,7-9H2,1H3,(H2,19,20,21). The van der Waals surface area contributed by atoms with E-state index in [0.29, 0.717) is 24.8 Å². The van der Waals surface area contributed by atoms with Crippen LogP contribution in [0.5, 0.6) is 11.5 Å². The van der Waals surface area contributed by atoms with Gasteiger partial charge in [-0.2, -0.15) is 0 Å². The van der Waals surface area contributed by atoms with Gasteiger partial charge in [-0.3, -0.25) is 0 Å². The number of rotatable bonds is 4. The Bertz CT molecular complexity index is 652. The average Bonchev–Trinajstić information content (AvgIpc) is 3.29. The molecule has 3 unspecified atom stereocenters. The van der Waals surface area contributed by atoms with Crippen LogP contribution in [0.15, 0.2) is 21.6 Å². The molecule has 1 aromatic rings. The second kappa shape index (κ2) is 6.80. The lowest BCUT2D eigenvalue weighted by molar-refractivity contribution is 0.0992. The molecule has 3 aliphatic rings. The number of hydrogen-bond acceptors (Lipinski definition) is 4. The van der Waals surface area contributed by atoms with Gasteiger partial charge in [-0.25, -0.2) is 4.99 Å². The van der Waals surface area contributed by atoms with Gasteiger partial charge in [0.05, 0.1) is 29.3 Å². The van der Waals surface area contributed by atoms with Gasteiger partial charge in [0.1, 0.15) is 0 Å². The molecule has 4 rings (SSSR count). The largest absolute Gasteiger partial charge is 0.454 e. The highest BCUT2D eigenvalue weighted by molar-refractivity contribution is 9.10. The van der Waals surface area contributed by atoms with E-state index in [1.54, 1.807) is 0 Å². The zero-order chi connectivity index (χ0) is 16.5. The van der Waals surface area contributed by atoms with Crippen molar-refractivity contribution in [2.75, 3.05) is 13.3 Å². The zero-order valence-electron chi connectivity index (χ0n) is 13.7. The first-order valence-corrected chi connectivity index (χ1v) is 9.30. The van der Waals surface area contributed by atoms with Crippen LogP contribution < -0.4 is 20.1 Å². The van der Waals surface area contributed by atoms with Crippen molar-refractivity contribution < 1.29 is 14.2 Å². The van der Waals surface area contributed by atoms with Crippen molar-refractivity contribution in [1.82, 2.24) is 10.6 Å². The lowest BCUT2D eigenvalue weighted by atomic mass is 9.96. The van der Waals surface area contributed by atoms with Gasteiger partial charge in [0, 0.05) is 6.54 Å². The third-order valence-electron chi connectivity index (χ3n) is 4.68. The monoisotopic (exact) mass is 395 g/mol. The van der Waals surface area contributed by atoms with E-state index >= 15 is 0 Å². The first kappa shape index (κ1) is 16.0. The molecule has 3 atom stereocenters. The van der Waals surface area contributed by atoms with Gasteiger partial charge in [0.2, 0.25) is 6.79 Å². The van der Waals surface area contributed by atoms with Gasteiger partial charge in [-0.15, -0.1) is 0 Å². The summed E-state index contributed by atoms with van der Waals surface area (Å²) in [5.41, 5.74) is 1.08. The quantitative estimate of drug-likeness (QED) is 0.605. The molecule has 0 radical (unpaired) electrons. The second-order valence-electron chi connectivity index (χ2n) is 6.37. The Hall–Kier alpha value is -1.47. The van der Waals surface area contributed by atoms with Crippen molar-refractivity contribution in [2.45, 2.75) is 51.0 Å². The molecular formula is C17H22BrN3O3. The van der Waals surface area contributed by atoms with E-state index in [4.69, 9.17) is 19.2 Å². The number of nitrogens with zero attached hydrogens (tertiary/aromatic N) is 1. The summed E-state index contributed by atoms with van der Waals surface area (Å²) >= 11 is 3.53. The van der Waals surface area contributed by atoms with Crippen molar-refractivity contribution >= 4 is 21.9 Å². The zero-order valence-corrected chi connectivity index (χ0v) is 15.3. The van der Waals surface area contributed by atoms with Crippen LogP contribution in [-0.4, -0.2) is 37.5 Å². The Morgan fingerprint density at radius 2 is 2.25 bits per heavy atom. The summed E-state index contributed by atoms with van der Waals surface area (Å²) in [5.74, 6) is 2.38. The van der Waals surface area contributed by atoms with Crippen molar-refractivity contribution in [3.8, 4) is 11.5 Å². The molecule has 0 aliphatic carbocycles. The van der Waals surface area contributed by atoms with Crippen LogP contribution in [0.3, 0.4) is 0 Å². The molecule has 0 aromatic heterocycles. The average molecular weight is 396 g/mol. The number of nitrogens with one attached hydrogen (secondary N) is 2. The minimum atomic E-state index is 0.273. The van der Waals surface area contributed by atoms with Crippen LogP contribution >= 0.6 is 15.9 Å². The Balaban J connectivity index is 1.44. The minimum absolute atomic E-state index is 0.273. The van der Waals surface area contributed by atoms with E-state index in [-0.39, 0.29) is 6.79 Å². The number of guanidine groups is 1. The van der Waals surface area contributed by atoms with Crippen LogP contribution in [0.25, 0.3) is 0 Å². The van der Waals surface area contributed by atoms with Crippen LogP contribution in [0, 0.1) is 0 Å². The first-order chi connectivity index (χ1) is 11.7. The predicted octanol–water partition coefficient (Wildman–Crippen LogP) is 2.55. The van der Waals surface area contributed by atoms with Crippen LogP contribution in [0.2, 0.25) is 0 Å². The Morgan fingerprint density at radius 3 is 3.00 bits per heavy atom. The maximum Gasteiger partial charge on any atom is 0.231 e. The Labute approximate surface area is 150 Å². The number of aliphatic imine (C=N–C) groups is 1. The van der Waals surface area contributed by atoms with Crippen molar-refractivity contribution in [3.63, 3.8) is 0 Å². The normalized spacial score (nSPS) is 27.6. The van der Waals surface area contributed by atoms with E-state index in [9.17, 15) is 0 Å². The van der Waals surface area contributed by atoms with Gasteiger partial charge >= 0.3 is 0 Å². The molecule has 1 aromatic carbocycles. The molecule has 0 amide bonds. The fraction of sp³-hybridized carbons (Fsp3) is 0.588. The summed E-state index contributed by atoms with van der Waals surface area (Å²) in [6.07, 6.45) is 4.18. The van der Waals surface area contributed by atoms with E-state index in [1.165, 1.54) is 6.42 Å². The third-order valence-corrected chi connectivity index (χ3v) is 5.27. The molecule has 0 saturated carbocycles.